The SMILES string of the molecule is Cc1ccnn1CCC(=O)N1CCCC(COc2cccc(Cl)c2)(CC(=O)N2CCOCC2)C1. The van der Waals surface area contributed by atoms with Crippen molar-refractivity contribution in [3.8, 4) is 5.75 Å². The number of carbonyl (C=O) groups excluding carboxylic acids is 2. The van der Waals surface area contributed by atoms with Gasteiger partial charge in [0.25, 0.3) is 0 Å². The Kier molecular flexibility index (Phi) is 8.11. The Morgan fingerprint density at radius 3 is 2.71 bits per heavy atom. The zero-order chi connectivity index (χ0) is 24.0. The largest absolute Gasteiger partial charge is 0.493 e. The van der Waals surface area contributed by atoms with Crippen LogP contribution in [0.5, 0.6) is 5.75 Å². The van der Waals surface area contributed by atoms with Crippen LogP contribution in [0.3, 0.4) is 0 Å². The molecule has 0 spiro atoms. The lowest BCUT2D eigenvalue weighted by atomic mass is 9.77. The van der Waals surface area contributed by atoms with Gasteiger partial charge in [-0.05, 0) is 44.0 Å². The lowest BCUT2D eigenvalue weighted by Crippen LogP contribution is -2.52. The van der Waals surface area contributed by atoms with E-state index < -0.39 is 5.41 Å². The van der Waals surface area contributed by atoms with Gasteiger partial charge in [0.05, 0.1) is 19.8 Å². The maximum absolute atomic E-state index is 13.2. The number of halogens is 1. The summed E-state index contributed by atoms with van der Waals surface area (Å²) in [6, 6.07) is 9.21. The number of aryl methyl sites for hydroxylation is 2. The van der Waals surface area contributed by atoms with Crippen LogP contribution in [0, 0.1) is 12.3 Å². The van der Waals surface area contributed by atoms with Crippen LogP contribution in [0.4, 0.5) is 0 Å². The second-order valence-electron chi connectivity index (χ2n) is 9.28. The van der Waals surface area contributed by atoms with E-state index in [4.69, 9.17) is 21.1 Å². The minimum atomic E-state index is -0.451. The summed E-state index contributed by atoms with van der Waals surface area (Å²) in [4.78, 5) is 30.1. The molecule has 9 heteroatoms. The number of amides is 2. The first-order valence-electron chi connectivity index (χ1n) is 11.9. The molecule has 8 nitrogen and oxygen atoms in total. The first-order chi connectivity index (χ1) is 16.4. The van der Waals surface area contributed by atoms with Crippen LogP contribution < -0.4 is 4.74 Å². The van der Waals surface area contributed by atoms with Crippen LogP contribution >= 0.6 is 11.6 Å². The van der Waals surface area contributed by atoms with E-state index in [2.05, 4.69) is 5.10 Å². The predicted molar refractivity (Wildman–Crippen MR) is 129 cm³/mol. The number of likely N-dealkylation sites (tertiary alicyclic amines) is 1. The molecular formula is C25H33ClN4O4. The molecule has 0 bridgehead atoms. The predicted octanol–water partition coefficient (Wildman–Crippen LogP) is 3.17. The number of rotatable bonds is 8. The molecule has 0 aliphatic carbocycles. The average Bonchev–Trinajstić information content (AvgIpc) is 3.26. The molecule has 2 fully saturated rings. The summed E-state index contributed by atoms with van der Waals surface area (Å²) in [5.41, 5.74) is 0.583. The van der Waals surface area contributed by atoms with Crippen molar-refractivity contribution in [2.45, 2.75) is 39.2 Å². The van der Waals surface area contributed by atoms with E-state index >= 15 is 0 Å². The number of nitrogens with zero attached hydrogens (tertiary/aromatic N) is 4. The number of carbonyl (C=O) groups is 2. The Balaban J connectivity index is 1.45. The molecule has 1 unspecified atom stereocenters. The van der Waals surface area contributed by atoms with Crippen molar-refractivity contribution < 1.29 is 19.1 Å². The Morgan fingerprint density at radius 1 is 1.15 bits per heavy atom. The van der Waals surface area contributed by atoms with Crippen LogP contribution in [0.15, 0.2) is 36.5 Å². The van der Waals surface area contributed by atoms with Gasteiger partial charge < -0.3 is 19.3 Å². The first-order valence-corrected chi connectivity index (χ1v) is 12.3. The molecule has 2 amide bonds. The second-order valence-corrected chi connectivity index (χ2v) is 9.72. The minimum absolute atomic E-state index is 0.0838. The quantitative estimate of drug-likeness (QED) is 0.570. The Bertz CT molecular complexity index is 991. The highest BCUT2D eigenvalue weighted by atomic mass is 35.5. The number of aromatic nitrogens is 2. The maximum Gasteiger partial charge on any atom is 0.224 e. The third-order valence-electron chi connectivity index (χ3n) is 6.71. The average molecular weight is 489 g/mol. The van der Waals surface area contributed by atoms with E-state index in [1.54, 1.807) is 18.3 Å². The van der Waals surface area contributed by atoms with E-state index in [1.165, 1.54) is 0 Å². The van der Waals surface area contributed by atoms with Gasteiger partial charge in [-0.25, -0.2) is 0 Å². The Morgan fingerprint density at radius 2 is 1.97 bits per heavy atom. The Hall–Kier alpha value is -2.58. The lowest BCUT2D eigenvalue weighted by molar-refractivity contribution is -0.144. The molecule has 1 atom stereocenters. The van der Waals surface area contributed by atoms with E-state index in [0.29, 0.717) is 76.2 Å². The van der Waals surface area contributed by atoms with Crippen molar-refractivity contribution in [3.63, 3.8) is 0 Å². The molecular weight excluding hydrogens is 456 g/mol. The van der Waals surface area contributed by atoms with E-state index in [1.807, 2.05) is 39.6 Å². The molecule has 3 heterocycles. The molecule has 34 heavy (non-hydrogen) atoms. The smallest absolute Gasteiger partial charge is 0.224 e. The molecule has 2 aliphatic rings. The van der Waals surface area contributed by atoms with E-state index in [-0.39, 0.29) is 11.8 Å². The van der Waals surface area contributed by atoms with Gasteiger partial charge >= 0.3 is 0 Å². The van der Waals surface area contributed by atoms with Gasteiger partial charge in [-0.1, -0.05) is 17.7 Å². The summed E-state index contributed by atoms with van der Waals surface area (Å²) in [6.07, 6.45) is 4.13. The Labute approximate surface area is 205 Å². The highest BCUT2D eigenvalue weighted by Gasteiger charge is 2.41. The van der Waals surface area contributed by atoms with Gasteiger partial charge in [-0.15, -0.1) is 0 Å². The van der Waals surface area contributed by atoms with Gasteiger partial charge in [0.1, 0.15) is 5.75 Å². The molecule has 2 aliphatic heterocycles. The monoisotopic (exact) mass is 488 g/mol. The molecule has 1 aromatic carbocycles. The third-order valence-corrected chi connectivity index (χ3v) is 6.95. The summed E-state index contributed by atoms with van der Waals surface area (Å²) in [5, 5.41) is 4.88. The third kappa shape index (κ3) is 6.30. The summed E-state index contributed by atoms with van der Waals surface area (Å²) in [7, 11) is 0. The number of morpholine rings is 1. The van der Waals surface area contributed by atoms with Crippen molar-refractivity contribution in [2.75, 3.05) is 46.0 Å². The summed E-state index contributed by atoms with van der Waals surface area (Å²) in [6.45, 7) is 6.42. The molecule has 184 valence electrons. The van der Waals surface area contributed by atoms with E-state index in [9.17, 15) is 9.59 Å². The summed E-state index contributed by atoms with van der Waals surface area (Å²) < 4.78 is 13.4. The van der Waals surface area contributed by atoms with Gasteiger partial charge in [-0.3, -0.25) is 14.3 Å². The molecule has 0 N–H and O–H groups in total. The maximum atomic E-state index is 13.2. The summed E-state index contributed by atoms with van der Waals surface area (Å²) >= 11 is 6.13. The highest BCUT2D eigenvalue weighted by molar-refractivity contribution is 6.30. The number of hydrogen-bond acceptors (Lipinski definition) is 5. The van der Waals surface area contributed by atoms with Gasteiger partial charge in [-0.2, -0.15) is 5.10 Å². The zero-order valence-electron chi connectivity index (χ0n) is 19.7. The number of hydrogen-bond donors (Lipinski definition) is 0. The van der Waals surface area contributed by atoms with Crippen molar-refractivity contribution in [1.29, 1.82) is 0 Å². The van der Waals surface area contributed by atoms with Crippen molar-refractivity contribution >= 4 is 23.4 Å². The topological polar surface area (TPSA) is 76.9 Å². The van der Waals surface area contributed by atoms with Crippen LogP contribution in [-0.2, 0) is 20.9 Å². The molecule has 1 aromatic heterocycles. The molecule has 0 radical (unpaired) electrons. The van der Waals surface area contributed by atoms with Crippen molar-refractivity contribution in [2.24, 2.45) is 5.41 Å². The molecule has 4 rings (SSSR count). The summed E-state index contributed by atoms with van der Waals surface area (Å²) in [5.74, 6) is 0.850. The number of ether oxygens (including phenoxy) is 2. The van der Waals surface area contributed by atoms with Crippen LogP contribution in [0.2, 0.25) is 5.02 Å². The fourth-order valence-electron chi connectivity index (χ4n) is 4.77. The normalized spacial score (nSPS) is 20.9. The fraction of sp³-hybridized carbons (Fsp3) is 0.560. The second kappa shape index (κ2) is 11.2. The van der Waals surface area contributed by atoms with Crippen LogP contribution in [0.25, 0.3) is 0 Å². The van der Waals surface area contributed by atoms with Crippen LogP contribution in [0.1, 0.15) is 31.4 Å². The number of piperidine rings is 1. The number of benzene rings is 1. The minimum Gasteiger partial charge on any atom is -0.493 e. The molecule has 2 saturated heterocycles. The zero-order valence-corrected chi connectivity index (χ0v) is 20.5. The molecule has 0 saturated carbocycles. The van der Waals surface area contributed by atoms with Gasteiger partial charge in [0.2, 0.25) is 11.8 Å². The van der Waals surface area contributed by atoms with E-state index in [0.717, 1.165) is 18.5 Å². The van der Waals surface area contributed by atoms with Crippen molar-refractivity contribution in [1.82, 2.24) is 19.6 Å². The first kappa shape index (κ1) is 24.5. The standard InChI is InChI=1S/C25H33ClN4O4/c1-20-6-9-27-30(20)11-7-23(31)29-10-3-8-25(18-29,17-24(32)28-12-14-33-15-13-28)19-34-22-5-2-4-21(26)16-22/h2,4-6,9,16H,3,7-8,10-15,17-19H2,1H3. The van der Waals surface area contributed by atoms with Gasteiger partial charge in [0.15, 0.2) is 0 Å². The van der Waals surface area contributed by atoms with Crippen LogP contribution in [-0.4, -0.2) is 77.4 Å². The highest BCUT2D eigenvalue weighted by Crippen LogP contribution is 2.36. The fourth-order valence-corrected chi connectivity index (χ4v) is 4.95. The van der Waals surface area contributed by atoms with Crippen molar-refractivity contribution in [3.05, 3.63) is 47.2 Å². The lowest BCUT2D eigenvalue weighted by Gasteiger charge is -2.43. The van der Waals surface area contributed by atoms with Gasteiger partial charge in [0, 0.05) is 67.9 Å². The molecule has 2 aromatic rings.